The van der Waals surface area contributed by atoms with Crippen molar-refractivity contribution < 1.29 is 14.6 Å². The Morgan fingerprint density at radius 1 is 1.25 bits per heavy atom. The minimum Gasteiger partial charge on any atom is -0.503 e. The summed E-state index contributed by atoms with van der Waals surface area (Å²) >= 11 is 7.91. The lowest BCUT2D eigenvalue weighted by molar-refractivity contribution is -0.0191. The number of ether oxygens (including phenoxy) is 2. The molecule has 5 rings (SSSR count). The lowest BCUT2D eigenvalue weighted by Crippen LogP contribution is -2.33. The van der Waals surface area contributed by atoms with Crippen LogP contribution >= 0.6 is 22.9 Å². The van der Waals surface area contributed by atoms with Crippen LogP contribution in [0.4, 0.5) is 0 Å². The highest BCUT2D eigenvalue weighted by Gasteiger charge is 2.41. The number of para-hydroxylation sites is 1. The van der Waals surface area contributed by atoms with Crippen LogP contribution in [0.3, 0.4) is 0 Å². The molecule has 28 heavy (non-hydrogen) atoms. The summed E-state index contributed by atoms with van der Waals surface area (Å²) in [4.78, 5) is 1.16. The number of halogens is 1. The summed E-state index contributed by atoms with van der Waals surface area (Å²) in [5, 5.41) is 19.3. The van der Waals surface area contributed by atoms with E-state index in [4.69, 9.17) is 26.2 Å². The Labute approximate surface area is 171 Å². The molecule has 0 saturated carbocycles. The van der Waals surface area contributed by atoms with Gasteiger partial charge in [-0.2, -0.15) is 5.10 Å². The number of methoxy groups -OCH3 is 1. The number of fused-ring (bicyclic) bond motifs is 3. The molecule has 0 saturated heterocycles. The fourth-order valence-electron chi connectivity index (χ4n) is 3.74. The topological polar surface area (TPSA) is 54.3 Å². The molecule has 0 spiro atoms. The molecule has 2 aliphatic rings. The summed E-state index contributed by atoms with van der Waals surface area (Å²) in [5.41, 5.74) is 2.93. The van der Waals surface area contributed by atoms with Crippen molar-refractivity contribution >= 4 is 28.6 Å². The van der Waals surface area contributed by atoms with Crippen LogP contribution in [0.25, 0.3) is 0 Å². The first-order chi connectivity index (χ1) is 13.7. The van der Waals surface area contributed by atoms with Crippen LogP contribution in [-0.4, -0.2) is 22.9 Å². The standard InChI is InChI=1S/C21H17ClN2O3S/c1-26-18-10-12(9-14(22)20(18)25)21-24-16(13-5-2-3-6-17(13)27-21)11-15(23-24)19-7-4-8-28-19/h2-10,16,21,25H,11H2,1H3. The average Bonchev–Trinajstić information content (AvgIpc) is 3.39. The van der Waals surface area contributed by atoms with Crippen molar-refractivity contribution in [2.75, 3.05) is 7.11 Å². The van der Waals surface area contributed by atoms with E-state index in [-0.39, 0.29) is 16.8 Å². The van der Waals surface area contributed by atoms with Crippen molar-refractivity contribution in [1.82, 2.24) is 5.01 Å². The molecule has 5 nitrogen and oxygen atoms in total. The number of hydrazone groups is 1. The van der Waals surface area contributed by atoms with Gasteiger partial charge in [-0.25, -0.2) is 5.01 Å². The Kier molecular flexibility index (Phi) is 4.18. The van der Waals surface area contributed by atoms with Gasteiger partial charge in [0, 0.05) is 17.5 Å². The normalized spacial score (nSPS) is 20.2. The van der Waals surface area contributed by atoms with E-state index in [1.165, 1.54) is 7.11 Å². The summed E-state index contributed by atoms with van der Waals surface area (Å²) in [6, 6.07) is 15.7. The quantitative estimate of drug-likeness (QED) is 0.629. The van der Waals surface area contributed by atoms with Crippen LogP contribution in [-0.2, 0) is 0 Å². The highest BCUT2D eigenvalue weighted by atomic mass is 35.5. The zero-order valence-electron chi connectivity index (χ0n) is 15.0. The van der Waals surface area contributed by atoms with Crippen LogP contribution in [0.15, 0.2) is 59.0 Å². The summed E-state index contributed by atoms with van der Waals surface area (Å²) in [6.07, 6.45) is 0.338. The van der Waals surface area contributed by atoms with E-state index >= 15 is 0 Å². The van der Waals surface area contributed by atoms with Gasteiger partial charge in [0.2, 0.25) is 6.23 Å². The number of thiophene rings is 1. The molecule has 2 atom stereocenters. The molecule has 0 amide bonds. The second kappa shape index (κ2) is 6.72. The minimum atomic E-state index is -0.468. The highest BCUT2D eigenvalue weighted by Crippen LogP contribution is 2.49. The number of phenols is 1. The van der Waals surface area contributed by atoms with Gasteiger partial charge in [0.25, 0.3) is 0 Å². The van der Waals surface area contributed by atoms with E-state index in [0.717, 1.165) is 33.9 Å². The van der Waals surface area contributed by atoms with Crippen LogP contribution < -0.4 is 9.47 Å². The van der Waals surface area contributed by atoms with Gasteiger partial charge in [-0.1, -0.05) is 35.9 Å². The molecule has 0 bridgehead atoms. The number of benzene rings is 2. The molecular weight excluding hydrogens is 396 g/mol. The fourth-order valence-corrected chi connectivity index (χ4v) is 4.68. The van der Waals surface area contributed by atoms with Crippen molar-refractivity contribution in [3.05, 3.63) is 74.9 Å². The van der Waals surface area contributed by atoms with Crippen LogP contribution in [0.2, 0.25) is 5.02 Å². The molecule has 3 heterocycles. The molecule has 3 aromatic rings. The minimum absolute atomic E-state index is 0.0747. The van der Waals surface area contributed by atoms with Gasteiger partial charge in [0.15, 0.2) is 11.5 Å². The summed E-state index contributed by atoms with van der Waals surface area (Å²) in [5.74, 6) is 1.06. The van der Waals surface area contributed by atoms with Crippen LogP contribution in [0.5, 0.6) is 17.2 Å². The molecule has 1 N–H and O–H groups in total. The van der Waals surface area contributed by atoms with Gasteiger partial charge in [0.1, 0.15) is 5.75 Å². The number of aromatic hydroxyl groups is 1. The Morgan fingerprint density at radius 3 is 2.89 bits per heavy atom. The average molecular weight is 413 g/mol. The summed E-state index contributed by atoms with van der Waals surface area (Å²) < 4.78 is 11.6. The molecule has 2 aromatic carbocycles. The predicted molar refractivity (Wildman–Crippen MR) is 110 cm³/mol. The van der Waals surface area contributed by atoms with Crippen LogP contribution in [0.1, 0.15) is 34.7 Å². The first-order valence-electron chi connectivity index (χ1n) is 8.87. The first kappa shape index (κ1) is 17.4. The van der Waals surface area contributed by atoms with Gasteiger partial charge >= 0.3 is 0 Å². The van der Waals surface area contributed by atoms with Gasteiger partial charge in [0.05, 0.1) is 28.8 Å². The Hall–Kier alpha value is -2.70. The lowest BCUT2D eigenvalue weighted by Gasteiger charge is -2.38. The van der Waals surface area contributed by atoms with E-state index in [2.05, 4.69) is 17.5 Å². The second-order valence-corrected chi connectivity index (χ2v) is 8.04. The van der Waals surface area contributed by atoms with Gasteiger partial charge < -0.3 is 14.6 Å². The zero-order valence-corrected chi connectivity index (χ0v) is 16.6. The molecule has 0 radical (unpaired) electrons. The van der Waals surface area contributed by atoms with Gasteiger partial charge in [-0.15, -0.1) is 11.3 Å². The summed E-state index contributed by atoms with van der Waals surface area (Å²) in [7, 11) is 1.50. The summed E-state index contributed by atoms with van der Waals surface area (Å²) in [6.45, 7) is 0. The largest absolute Gasteiger partial charge is 0.503 e. The van der Waals surface area contributed by atoms with Crippen molar-refractivity contribution in [2.45, 2.75) is 18.7 Å². The number of nitrogens with zero attached hydrogens (tertiary/aromatic N) is 2. The van der Waals surface area contributed by atoms with E-state index in [1.807, 2.05) is 29.3 Å². The third-order valence-corrected chi connectivity index (χ3v) is 6.27. The van der Waals surface area contributed by atoms with Crippen LogP contribution in [0, 0.1) is 0 Å². The van der Waals surface area contributed by atoms with E-state index in [9.17, 15) is 5.11 Å². The highest BCUT2D eigenvalue weighted by molar-refractivity contribution is 7.12. The number of rotatable bonds is 3. The van der Waals surface area contributed by atoms with E-state index in [1.54, 1.807) is 23.5 Å². The fraction of sp³-hybridized carbons (Fsp3) is 0.190. The number of phenolic OH excluding ortho intramolecular Hbond substituents is 1. The molecule has 0 fully saturated rings. The van der Waals surface area contributed by atoms with Crippen molar-refractivity contribution in [1.29, 1.82) is 0 Å². The first-order valence-corrected chi connectivity index (χ1v) is 10.1. The third kappa shape index (κ3) is 2.72. The molecule has 2 aliphatic heterocycles. The second-order valence-electron chi connectivity index (χ2n) is 6.69. The lowest BCUT2D eigenvalue weighted by atomic mass is 9.97. The Bertz CT molecular complexity index is 1070. The van der Waals surface area contributed by atoms with Crippen molar-refractivity contribution in [3.8, 4) is 17.2 Å². The van der Waals surface area contributed by atoms with E-state index < -0.39 is 6.23 Å². The molecule has 0 aliphatic carbocycles. The molecule has 142 valence electrons. The molecule has 7 heteroatoms. The van der Waals surface area contributed by atoms with Crippen molar-refractivity contribution in [3.63, 3.8) is 0 Å². The number of hydrogen-bond acceptors (Lipinski definition) is 6. The third-order valence-electron chi connectivity index (χ3n) is 5.06. The van der Waals surface area contributed by atoms with Gasteiger partial charge in [-0.05, 0) is 29.6 Å². The monoisotopic (exact) mass is 412 g/mol. The maximum Gasteiger partial charge on any atom is 0.214 e. The Balaban J connectivity index is 1.63. The molecule has 1 aromatic heterocycles. The van der Waals surface area contributed by atoms with E-state index in [0.29, 0.717) is 5.75 Å². The smallest absolute Gasteiger partial charge is 0.214 e. The zero-order chi connectivity index (χ0) is 19.3. The predicted octanol–water partition coefficient (Wildman–Crippen LogP) is 5.36. The maximum atomic E-state index is 10.1. The SMILES string of the molecule is COc1cc(C2Oc3ccccc3C3CC(c4cccs4)=NN32)cc(Cl)c1O. The van der Waals surface area contributed by atoms with Crippen molar-refractivity contribution in [2.24, 2.45) is 5.10 Å². The Morgan fingerprint density at radius 2 is 2.11 bits per heavy atom. The number of hydrogen-bond donors (Lipinski definition) is 1. The maximum absolute atomic E-state index is 10.1. The molecule has 2 unspecified atom stereocenters. The van der Waals surface area contributed by atoms with Gasteiger partial charge in [-0.3, -0.25) is 0 Å². The molecular formula is C21H17ClN2O3S.